The second-order valence-electron chi connectivity index (χ2n) is 7.04. The number of ether oxygens (including phenoxy) is 3. The van der Waals surface area contributed by atoms with Crippen molar-refractivity contribution in [2.75, 3.05) is 0 Å². The summed E-state index contributed by atoms with van der Waals surface area (Å²) in [5, 5.41) is 19.5. The highest BCUT2D eigenvalue weighted by atomic mass is 16.7. The summed E-state index contributed by atoms with van der Waals surface area (Å²) in [4.78, 5) is 11.5. The minimum atomic E-state index is -0.832. The van der Waals surface area contributed by atoms with E-state index in [2.05, 4.69) is 0 Å². The van der Waals surface area contributed by atoms with Crippen LogP contribution in [0.4, 0.5) is 0 Å². The summed E-state index contributed by atoms with van der Waals surface area (Å²) in [5.41, 5.74) is -0.493. The van der Waals surface area contributed by atoms with E-state index in [4.69, 9.17) is 14.2 Å². The first-order chi connectivity index (χ1) is 10.6. The smallest absolute Gasteiger partial charge is 0.330 e. The van der Waals surface area contributed by atoms with Crippen LogP contribution in [0, 0.1) is 0 Å². The van der Waals surface area contributed by atoms with Crippen molar-refractivity contribution in [3.63, 3.8) is 0 Å². The maximum Gasteiger partial charge on any atom is 0.330 e. The lowest BCUT2D eigenvalue weighted by atomic mass is 10.0. The average Bonchev–Trinajstić information content (AvgIpc) is 2.39. The van der Waals surface area contributed by atoms with Gasteiger partial charge < -0.3 is 24.4 Å². The van der Waals surface area contributed by atoms with Gasteiger partial charge in [0.2, 0.25) is 0 Å². The first kappa shape index (κ1) is 20.1. The quantitative estimate of drug-likeness (QED) is 0.572. The molecule has 0 aromatic rings. The summed E-state index contributed by atoms with van der Waals surface area (Å²) >= 11 is 0. The van der Waals surface area contributed by atoms with Gasteiger partial charge in [-0.1, -0.05) is 6.08 Å². The Kier molecular flexibility index (Phi) is 7.67. The van der Waals surface area contributed by atoms with E-state index in [1.54, 1.807) is 13.0 Å². The fourth-order valence-electron chi connectivity index (χ4n) is 2.21. The predicted octanol–water partition coefficient (Wildman–Crippen LogP) is 1.93. The van der Waals surface area contributed by atoms with Gasteiger partial charge in [0.05, 0.1) is 18.3 Å². The number of hydrogen-bond donors (Lipinski definition) is 2. The van der Waals surface area contributed by atoms with Crippen LogP contribution in [0.25, 0.3) is 0 Å². The molecule has 0 saturated carbocycles. The van der Waals surface area contributed by atoms with Crippen molar-refractivity contribution >= 4 is 5.97 Å². The number of hydrogen-bond acceptors (Lipinski definition) is 6. The van der Waals surface area contributed by atoms with Gasteiger partial charge >= 0.3 is 5.97 Å². The minimum absolute atomic E-state index is 0.139. The fraction of sp³-hybridized carbons (Fsp3) is 0.824. The number of carbonyl (C=O) groups excluding carboxylic acids is 1. The Bertz CT molecular complexity index is 400. The largest absolute Gasteiger partial charge is 0.457 e. The summed E-state index contributed by atoms with van der Waals surface area (Å²) < 4.78 is 16.3. The van der Waals surface area contributed by atoms with E-state index in [0.717, 1.165) is 0 Å². The van der Waals surface area contributed by atoms with Gasteiger partial charge in [0.25, 0.3) is 0 Å². The van der Waals surface area contributed by atoms with Crippen LogP contribution in [0.15, 0.2) is 12.2 Å². The van der Waals surface area contributed by atoms with E-state index in [1.807, 2.05) is 27.7 Å². The summed E-state index contributed by atoms with van der Waals surface area (Å²) in [6, 6.07) is 0. The van der Waals surface area contributed by atoms with Crippen molar-refractivity contribution in [3.8, 4) is 0 Å². The molecule has 6 nitrogen and oxygen atoms in total. The Morgan fingerprint density at radius 1 is 1.35 bits per heavy atom. The van der Waals surface area contributed by atoms with Crippen molar-refractivity contribution in [1.29, 1.82) is 0 Å². The molecule has 0 aliphatic carbocycles. The van der Waals surface area contributed by atoms with Crippen molar-refractivity contribution in [2.45, 2.75) is 90.2 Å². The number of aliphatic hydroxyl groups excluding tert-OH is 2. The predicted molar refractivity (Wildman–Crippen MR) is 85.7 cm³/mol. The molecule has 5 atom stereocenters. The van der Waals surface area contributed by atoms with Crippen molar-refractivity contribution in [1.82, 2.24) is 0 Å². The Morgan fingerprint density at radius 3 is 2.61 bits per heavy atom. The number of allylic oxidation sites excluding steroid dienone is 1. The number of carbonyl (C=O) groups is 1. The highest BCUT2D eigenvalue weighted by Crippen LogP contribution is 2.22. The van der Waals surface area contributed by atoms with Crippen LogP contribution in [0.2, 0.25) is 0 Å². The Balaban J connectivity index is 2.29. The molecule has 1 heterocycles. The van der Waals surface area contributed by atoms with Gasteiger partial charge in [-0.15, -0.1) is 0 Å². The molecule has 0 bridgehead atoms. The Labute approximate surface area is 138 Å². The molecule has 0 spiro atoms. The molecule has 1 aliphatic heterocycles. The first-order valence-electron chi connectivity index (χ1n) is 8.15. The van der Waals surface area contributed by atoms with Crippen molar-refractivity contribution < 1.29 is 29.2 Å². The summed E-state index contributed by atoms with van der Waals surface area (Å²) in [6.07, 6.45) is 2.03. The monoisotopic (exact) mass is 330 g/mol. The molecule has 1 aliphatic rings. The van der Waals surface area contributed by atoms with Crippen molar-refractivity contribution in [3.05, 3.63) is 12.2 Å². The lowest BCUT2D eigenvalue weighted by molar-refractivity contribution is -0.273. The summed E-state index contributed by atoms with van der Waals surface area (Å²) in [5.74, 6) is -0.361. The van der Waals surface area contributed by atoms with E-state index in [9.17, 15) is 15.0 Å². The van der Waals surface area contributed by atoms with Crippen LogP contribution in [-0.2, 0) is 19.0 Å². The maximum atomic E-state index is 11.5. The van der Waals surface area contributed by atoms with Gasteiger partial charge in [-0.3, -0.25) is 0 Å². The molecular weight excluding hydrogens is 300 g/mol. The number of rotatable bonds is 6. The average molecular weight is 330 g/mol. The zero-order chi connectivity index (χ0) is 17.6. The normalized spacial score (nSPS) is 30.4. The summed E-state index contributed by atoms with van der Waals surface area (Å²) in [6.45, 7) is 9.10. The van der Waals surface area contributed by atoms with Gasteiger partial charge in [-0.2, -0.15) is 0 Å². The molecule has 2 N–H and O–H groups in total. The molecule has 23 heavy (non-hydrogen) atoms. The molecule has 1 fully saturated rings. The van der Waals surface area contributed by atoms with Crippen LogP contribution >= 0.6 is 0 Å². The molecule has 6 heteroatoms. The number of esters is 1. The maximum absolute atomic E-state index is 11.5. The van der Waals surface area contributed by atoms with Gasteiger partial charge in [-0.05, 0) is 47.5 Å². The third-order valence-corrected chi connectivity index (χ3v) is 3.45. The summed E-state index contributed by atoms with van der Waals surface area (Å²) in [7, 11) is 0. The van der Waals surface area contributed by atoms with Gasteiger partial charge in [-0.25, -0.2) is 4.79 Å². The topological polar surface area (TPSA) is 85.2 Å². The van der Waals surface area contributed by atoms with E-state index in [1.165, 1.54) is 6.08 Å². The number of aliphatic hydroxyl groups is 2. The van der Waals surface area contributed by atoms with Gasteiger partial charge in [0.15, 0.2) is 6.29 Å². The van der Waals surface area contributed by atoms with E-state index in [-0.39, 0.29) is 24.6 Å². The minimum Gasteiger partial charge on any atom is -0.457 e. The first-order valence-corrected chi connectivity index (χ1v) is 8.15. The molecule has 1 saturated heterocycles. The third kappa shape index (κ3) is 7.92. The van der Waals surface area contributed by atoms with Gasteiger partial charge in [0.1, 0.15) is 11.7 Å². The lowest BCUT2D eigenvalue weighted by Crippen LogP contribution is -2.48. The van der Waals surface area contributed by atoms with Crippen molar-refractivity contribution in [2.24, 2.45) is 0 Å². The highest BCUT2D eigenvalue weighted by Gasteiger charge is 2.35. The van der Waals surface area contributed by atoms with Gasteiger partial charge in [0, 0.05) is 12.5 Å². The fourth-order valence-corrected chi connectivity index (χ4v) is 2.21. The van der Waals surface area contributed by atoms with Crippen LogP contribution in [0.1, 0.15) is 53.9 Å². The zero-order valence-corrected chi connectivity index (χ0v) is 14.7. The van der Waals surface area contributed by atoms with Crippen LogP contribution in [0.3, 0.4) is 0 Å². The highest BCUT2D eigenvalue weighted by molar-refractivity contribution is 5.82. The second-order valence-corrected chi connectivity index (χ2v) is 7.04. The molecule has 0 amide bonds. The standard InChI is InChI=1S/C17H30O6/c1-11(8-6-7-9-15(20)23-17(3,4)5)21-16-14(19)10-13(18)12(2)22-16/h7,9,11-14,16,18-19H,6,8,10H2,1-5H3/b9-7+/t11-,12+,13?,14-,16?/m1/s1. The zero-order valence-electron chi connectivity index (χ0n) is 14.7. The Hall–Kier alpha value is -0.950. The molecule has 134 valence electrons. The van der Waals surface area contributed by atoms with E-state index >= 15 is 0 Å². The van der Waals surface area contributed by atoms with Crippen LogP contribution < -0.4 is 0 Å². The third-order valence-electron chi connectivity index (χ3n) is 3.45. The van der Waals surface area contributed by atoms with E-state index < -0.39 is 24.1 Å². The molecule has 0 radical (unpaired) electrons. The molecular formula is C17H30O6. The lowest BCUT2D eigenvalue weighted by Gasteiger charge is -2.36. The molecule has 0 aromatic carbocycles. The second kappa shape index (κ2) is 8.78. The molecule has 1 rings (SSSR count). The van der Waals surface area contributed by atoms with E-state index in [0.29, 0.717) is 12.8 Å². The molecule has 0 aromatic heterocycles. The van der Waals surface area contributed by atoms with Crippen LogP contribution in [0.5, 0.6) is 0 Å². The molecule has 2 unspecified atom stereocenters. The Morgan fingerprint density at radius 2 is 2.00 bits per heavy atom. The van der Waals surface area contributed by atoms with Crippen LogP contribution in [-0.4, -0.2) is 52.5 Å². The SMILES string of the molecule is C[C@H](CC/C=C/C(=O)OC(C)(C)C)OC1O[C@@H](C)C(O)C[C@H]1O.